The van der Waals surface area contributed by atoms with E-state index < -0.39 is 0 Å². The molecule has 3 saturated carbocycles. The topological polar surface area (TPSA) is 29.1 Å². The van der Waals surface area contributed by atoms with Crippen molar-refractivity contribution in [2.45, 2.75) is 19.3 Å². The van der Waals surface area contributed by atoms with Crippen LogP contribution >= 0.6 is 23.2 Å². The predicted octanol–water partition coefficient (Wildman–Crippen LogP) is 4.22. The largest absolute Gasteiger partial charge is 0.325 e. The molecule has 1 aromatic carbocycles. The molecule has 3 fully saturated rings. The number of nitrogens with one attached hydrogen (secondary N) is 1. The normalized spacial score (nSPS) is 38.1. The highest BCUT2D eigenvalue weighted by molar-refractivity contribution is 6.36. The maximum Gasteiger partial charge on any atom is 0.228 e. The minimum absolute atomic E-state index is 0.149. The Bertz CT molecular complexity index is 543. The van der Waals surface area contributed by atoms with Crippen LogP contribution in [0.2, 0.25) is 10.0 Å². The first-order valence-electron chi connectivity index (χ1n) is 6.91. The molecular weight excluding hydrogens is 281 g/mol. The summed E-state index contributed by atoms with van der Waals surface area (Å²) in [5.41, 5.74) is 0.674. The molecule has 3 aliphatic carbocycles. The summed E-state index contributed by atoms with van der Waals surface area (Å²) in [4.78, 5) is 12.3. The van der Waals surface area contributed by atoms with Gasteiger partial charge >= 0.3 is 0 Å². The van der Waals surface area contributed by atoms with E-state index in [0.717, 1.165) is 11.8 Å². The van der Waals surface area contributed by atoms with Crippen molar-refractivity contribution in [2.24, 2.45) is 29.6 Å². The van der Waals surface area contributed by atoms with Gasteiger partial charge in [0.15, 0.2) is 0 Å². The van der Waals surface area contributed by atoms with Crippen LogP contribution in [0.4, 0.5) is 5.69 Å². The SMILES string of the molecule is O=C(Nc1ccc(Cl)cc1Cl)C1[C@@H]2[C@@H]3CC[C@H](C3)[C@H]12. The number of amides is 1. The van der Waals surface area contributed by atoms with Crippen molar-refractivity contribution in [2.75, 3.05) is 5.32 Å². The molecule has 100 valence electrons. The van der Waals surface area contributed by atoms with Crippen LogP contribution in [0, 0.1) is 29.6 Å². The van der Waals surface area contributed by atoms with Crippen molar-refractivity contribution < 1.29 is 4.79 Å². The lowest BCUT2D eigenvalue weighted by Gasteiger charge is -2.10. The highest BCUT2D eigenvalue weighted by atomic mass is 35.5. The third-order valence-electron chi connectivity index (χ3n) is 5.23. The molecule has 19 heavy (non-hydrogen) atoms. The lowest BCUT2D eigenvalue weighted by molar-refractivity contribution is -0.118. The molecule has 1 unspecified atom stereocenters. The summed E-state index contributed by atoms with van der Waals surface area (Å²) >= 11 is 11.9. The Hall–Kier alpha value is -0.730. The van der Waals surface area contributed by atoms with Gasteiger partial charge < -0.3 is 5.32 Å². The fourth-order valence-electron chi connectivity index (χ4n) is 4.48. The molecule has 2 bridgehead atoms. The van der Waals surface area contributed by atoms with Gasteiger partial charge in [0, 0.05) is 10.9 Å². The lowest BCUT2D eigenvalue weighted by Crippen LogP contribution is -2.18. The Morgan fingerprint density at radius 2 is 1.84 bits per heavy atom. The molecule has 4 rings (SSSR count). The van der Waals surface area contributed by atoms with Crippen molar-refractivity contribution in [1.29, 1.82) is 0 Å². The quantitative estimate of drug-likeness (QED) is 0.869. The van der Waals surface area contributed by atoms with Crippen molar-refractivity contribution in [1.82, 2.24) is 0 Å². The van der Waals surface area contributed by atoms with E-state index in [0.29, 0.717) is 27.6 Å². The molecule has 3 aliphatic rings. The Morgan fingerprint density at radius 1 is 1.16 bits per heavy atom. The van der Waals surface area contributed by atoms with Gasteiger partial charge in [0.25, 0.3) is 0 Å². The number of hydrogen-bond donors (Lipinski definition) is 1. The van der Waals surface area contributed by atoms with Gasteiger partial charge in [-0.05, 0) is 61.1 Å². The van der Waals surface area contributed by atoms with Crippen molar-refractivity contribution in [3.05, 3.63) is 28.2 Å². The fourth-order valence-corrected chi connectivity index (χ4v) is 4.94. The molecule has 0 aromatic heterocycles. The number of carbonyl (C=O) groups excluding carboxylic acids is 1. The molecule has 0 spiro atoms. The van der Waals surface area contributed by atoms with E-state index in [1.54, 1.807) is 18.2 Å². The van der Waals surface area contributed by atoms with Crippen LogP contribution in [0.3, 0.4) is 0 Å². The van der Waals surface area contributed by atoms with Crippen LogP contribution in [-0.4, -0.2) is 5.91 Å². The first-order chi connectivity index (χ1) is 9.15. The van der Waals surface area contributed by atoms with Gasteiger partial charge in [0.1, 0.15) is 0 Å². The van der Waals surface area contributed by atoms with Gasteiger partial charge in [-0.15, -0.1) is 0 Å². The van der Waals surface area contributed by atoms with Gasteiger partial charge in [-0.2, -0.15) is 0 Å². The van der Waals surface area contributed by atoms with E-state index in [2.05, 4.69) is 5.32 Å². The van der Waals surface area contributed by atoms with Gasteiger partial charge in [0.2, 0.25) is 5.91 Å². The molecule has 4 heteroatoms. The van der Waals surface area contributed by atoms with E-state index in [1.807, 2.05) is 0 Å². The second-order valence-corrected chi connectivity index (χ2v) is 6.97. The Kier molecular flexibility index (Phi) is 2.62. The van der Waals surface area contributed by atoms with Gasteiger partial charge in [0.05, 0.1) is 10.7 Å². The van der Waals surface area contributed by atoms with Gasteiger partial charge in [-0.3, -0.25) is 4.79 Å². The highest BCUT2D eigenvalue weighted by Crippen LogP contribution is 2.69. The second kappa shape index (κ2) is 4.13. The van der Waals surface area contributed by atoms with Crippen LogP contribution in [-0.2, 0) is 4.79 Å². The zero-order valence-electron chi connectivity index (χ0n) is 10.4. The number of hydrogen-bond acceptors (Lipinski definition) is 1. The third-order valence-corrected chi connectivity index (χ3v) is 5.77. The second-order valence-electron chi connectivity index (χ2n) is 6.13. The van der Waals surface area contributed by atoms with E-state index in [-0.39, 0.29) is 11.8 Å². The predicted molar refractivity (Wildman–Crippen MR) is 76.4 cm³/mol. The standard InChI is InChI=1S/C15H15Cl2NO/c16-9-3-4-11(10(17)6-9)18-15(19)14-12-7-1-2-8(5-7)13(12)14/h3-4,6-8,12-14H,1-2,5H2,(H,18,19)/t7-,8-,12-,13+,14?/m1/s1. The smallest absolute Gasteiger partial charge is 0.228 e. The first-order valence-corrected chi connectivity index (χ1v) is 7.66. The summed E-state index contributed by atoms with van der Waals surface area (Å²) in [7, 11) is 0. The number of carbonyl (C=O) groups is 1. The van der Waals surface area contributed by atoms with Crippen molar-refractivity contribution in [3.63, 3.8) is 0 Å². The fraction of sp³-hybridized carbons (Fsp3) is 0.533. The lowest BCUT2D eigenvalue weighted by atomic mass is 10.0. The number of anilines is 1. The van der Waals surface area contributed by atoms with E-state index in [4.69, 9.17) is 23.2 Å². The molecule has 5 atom stereocenters. The number of fused-ring (bicyclic) bond motifs is 5. The highest BCUT2D eigenvalue weighted by Gasteiger charge is 2.67. The summed E-state index contributed by atoms with van der Waals surface area (Å²) in [5.74, 6) is 3.32. The number of rotatable bonds is 2. The Labute approximate surface area is 122 Å². The van der Waals surface area contributed by atoms with E-state index >= 15 is 0 Å². The van der Waals surface area contributed by atoms with E-state index in [9.17, 15) is 4.79 Å². The summed E-state index contributed by atoms with van der Waals surface area (Å²) in [6.07, 6.45) is 4.02. The molecule has 1 aromatic rings. The molecular formula is C15H15Cl2NO. The minimum atomic E-state index is 0.149. The minimum Gasteiger partial charge on any atom is -0.325 e. The average molecular weight is 296 g/mol. The van der Waals surface area contributed by atoms with Crippen LogP contribution in [0.25, 0.3) is 0 Å². The van der Waals surface area contributed by atoms with Crippen molar-refractivity contribution >= 4 is 34.8 Å². The molecule has 1 N–H and O–H groups in total. The number of benzene rings is 1. The van der Waals surface area contributed by atoms with Crippen LogP contribution in [0.1, 0.15) is 19.3 Å². The van der Waals surface area contributed by atoms with Crippen LogP contribution in [0.15, 0.2) is 18.2 Å². The number of halogens is 2. The zero-order valence-corrected chi connectivity index (χ0v) is 11.9. The summed E-state index contributed by atoms with van der Waals surface area (Å²) in [6.45, 7) is 0. The Morgan fingerprint density at radius 3 is 2.47 bits per heavy atom. The summed E-state index contributed by atoms with van der Waals surface area (Å²) in [6, 6.07) is 5.19. The van der Waals surface area contributed by atoms with Gasteiger partial charge in [-0.1, -0.05) is 23.2 Å². The molecule has 0 aliphatic heterocycles. The molecule has 0 radical (unpaired) electrons. The molecule has 1 amide bonds. The maximum atomic E-state index is 12.3. The van der Waals surface area contributed by atoms with Crippen LogP contribution < -0.4 is 5.32 Å². The third kappa shape index (κ3) is 1.80. The maximum absolute atomic E-state index is 12.3. The molecule has 2 nitrogen and oxygen atoms in total. The molecule has 0 heterocycles. The summed E-state index contributed by atoms with van der Waals surface area (Å²) < 4.78 is 0. The molecule has 0 saturated heterocycles. The van der Waals surface area contributed by atoms with Gasteiger partial charge in [-0.25, -0.2) is 0 Å². The summed E-state index contributed by atoms with van der Waals surface area (Å²) in [5, 5.41) is 4.06. The van der Waals surface area contributed by atoms with Crippen molar-refractivity contribution in [3.8, 4) is 0 Å². The monoisotopic (exact) mass is 295 g/mol. The Balaban J connectivity index is 1.48. The first kappa shape index (κ1) is 12.0. The average Bonchev–Trinajstić information content (AvgIpc) is 2.82. The zero-order chi connectivity index (χ0) is 13.1. The van der Waals surface area contributed by atoms with E-state index in [1.165, 1.54) is 19.3 Å². The van der Waals surface area contributed by atoms with Crippen LogP contribution in [0.5, 0.6) is 0 Å².